The molecule has 1 N–H and O–H groups in total. The fourth-order valence-electron chi connectivity index (χ4n) is 6.18. The van der Waals surface area contributed by atoms with Gasteiger partial charge in [0.2, 0.25) is 0 Å². The van der Waals surface area contributed by atoms with Crippen LogP contribution in [-0.4, -0.2) is 30.6 Å². The van der Waals surface area contributed by atoms with Crippen molar-refractivity contribution in [1.29, 1.82) is 0 Å². The second-order valence-electron chi connectivity index (χ2n) is 8.95. The molecule has 0 spiro atoms. The number of ether oxygens (including phenoxy) is 2. The van der Waals surface area contributed by atoms with Crippen LogP contribution in [0.3, 0.4) is 0 Å². The van der Waals surface area contributed by atoms with Crippen LogP contribution in [0.1, 0.15) is 45.4 Å². The Balaban J connectivity index is 1.37. The molecule has 28 heavy (non-hydrogen) atoms. The number of nitro groups is 1. The minimum absolute atomic E-state index is 0.0726. The minimum atomic E-state index is -0.534. The first-order valence-corrected chi connectivity index (χ1v) is 10.1. The van der Waals surface area contributed by atoms with Crippen LogP contribution in [0.15, 0.2) is 18.2 Å². The number of hydrogen-bond acceptors (Lipinski definition) is 5. The normalized spacial score (nSPS) is 31.3. The van der Waals surface area contributed by atoms with Gasteiger partial charge in [0.05, 0.1) is 18.1 Å². The van der Waals surface area contributed by atoms with Crippen molar-refractivity contribution in [3.8, 4) is 11.5 Å². The monoisotopic (exact) mass is 388 g/mol. The molecular formula is C21H28N2O5. The zero-order chi connectivity index (χ0) is 19.9. The lowest BCUT2D eigenvalue weighted by molar-refractivity contribution is -0.385. The van der Waals surface area contributed by atoms with Gasteiger partial charge in [-0.2, -0.15) is 0 Å². The van der Waals surface area contributed by atoms with Crippen LogP contribution in [0.2, 0.25) is 0 Å². The summed E-state index contributed by atoms with van der Waals surface area (Å²) < 4.78 is 10.5. The Morgan fingerprint density at radius 3 is 2.39 bits per heavy atom. The van der Waals surface area contributed by atoms with E-state index in [4.69, 9.17) is 9.47 Å². The number of amides is 1. The van der Waals surface area contributed by atoms with Crippen LogP contribution in [0.25, 0.3) is 0 Å². The maximum Gasteiger partial charge on any atom is 0.314 e. The molecule has 4 aliphatic carbocycles. The third-order valence-electron chi connectivity index (χ3n) is 7.10. The molecule has 4 aliphatic rings. The number of benzene rings is 1. The van der Waals surface area contributed by atoms with Gasteiger partial charge in [-0.1, -0.05) is 0 Å². The van der Waals surface area contributed by atoms with Gasteiger partial charge in [0, 0.05) is 6.04 Å². The maximum absolute atomic E-state index is 12.5. The zero-order valence-corrected chi connectivity index (χ0v) is 16.5. The largest absolute Gasteiger partial charge is 0.496 e. The van der Waals surface area contributed by atoms with E-state index in [0.717, 1.165) is 17.8 Å². The van der Waals surface area contributed by atoms with Gasteiger partial charge < -0.3 is 14.8 Å². The Kier molecular flexibility index (Phi) is 4.93. The Morgan fingerprint density at radius 2 is 1.86 bits per heavy atom. The predicted octanol–water partition coefficient (Wildman–Crippen LogP) is 3.70. The molecular weight excluding hydrogens is 360 g/mol. The highest BCUT2D eigenvalue weighted by Crippen LogP contribution is 2.61. The number of carbonyl (C=O) groups is 1. The summed E-state index contributed by atoms with van der Waals surface area (Å²) in [6.07, 6.45) is 7.74. The van der Waals surface area contributed by atoms with Crippen LogP contribution in [-0.2, 0) is 4.79 Å². The molecule has 0 saturated heterocycles. The lowest BCUT2D eigenvalue weighted by Crippen LogP contribution is -2.56. The quantitative estimate of drug-likeness (QED) is 0.568. The van der Waals surface area contributed by atoms with E-state index in [9.17, 15) is 14.9 Å². The SMILES string of the molecule is COc1ccc(OCC(=O)N[C@@H](C)C23CC4CC(CC(C4)C2)C3)c([N+](=O)[O-])c1. The fraction of sp³-hybridized carbons (Fsp3) is 0.667. The van der Waals surface area contributed by atoms with Gasteiger partial charge in [0.15, 0.2) is 12.4 Å². The zero-order valence-electron chi connectivity index (χ0n) is 16.5. The summed E-state index contributed by atoms with van der Waals surface area (Å²) in [5.41, 5.74) is 0.0116. The van der Waals surface area contributed by atoms with E-state index >= 15 is 0 Å². The van der Waals surface area contributed by atoms with Gasteiger partial charge in [0.25, 0.3) is 5.91 Å². The van der Waals surface area contributed by atoms with Crippen LogP contribution >= 0.6 is 0 Å². The summed E-state index contributed by atoms with van der Waals surface area (Å²) in [5, 5.41) is 14.4. The van der Waals surface area contributed by atoms with Crippen molar-refractivity contribution in [3.63, 3.8) is 0 Å². The molecule has 5 rings (SSSR count). The van der Waals surface area contributed by atoms with E-state index in [2.05, 4.69) is 12.2 Å². The van der Waals surface area contributed by atoms with E-state index in [1.54, 1.807) is 6.07 Å². The van der Waals surface area contributed by atoms with E-state index in [-0.39, 0.29) is 35.4 Å². The molecule has 0 heterocycles. The van der Waals surface area contributed by atoms with Gasteiger partial charge in [-0.05, 0) is 80.8 Å². The molecule has 0 radical (unpaired) electrons. The Hall–Kier alpha value is -2.31. The fourth-order valence-corrected chi connectivity index (χ4v) is 6.18. The van der Waals surface area contributed by atoms with Crippen molar-refractivity contribution in [3.05, 3.63) is 28.3 Å². The van der Waals surface area contributed by atoms with Crippen LogP contribution in [0.4, 0.5) is 5.69 Å². The third-order valence-corrected chi connectivity index (χ3v) is 7.10. The van der Waals surface area contributed by atoms with Gasteiger partial charge >= 0.3 is 5.69 Å². The molecule has 1 amide bonds. The van der Waals surface area contributed by atoms with E-state index in [1.165, 1.54) is 57.8 Å². The summed E-state index contributed by atoms with van der Waals surface area (Å²) in [5.74, 6) is 2.69. The molecule has 0 aromatic heterocycles. The summed E-state index contributed by atoms with van der Waals surface area (Å²) in [7, 11) is 1.44. The van der Waals surface area contributed by atoms with Crippen molar-refractivity contribution < 1.29 is 19.2 Å². The van der Waals surface area contributed by atoms with Gasteiger partial charge in [-0.15, -0.1) is 0 Å². The standard InChI is InChI=1S/C21H28N2O5/c1-13(21-9-14-5-15(10-21)7-16(6-14)11-21)22-20(24)12-28-19-4-3-17(27-2)8-18(19)23(25)26/h3-4,8,13-16H,5-7,9-12H2,1-2H3,(H,22,24)/t13-,14?,15?,16?,21?/m0/s1. The summed E-state index contributed by atoms with van der Waals surface area (Å²) in [6.45, 7) is 1.88. The highest BCUT2D eigenvalue weighted by Gasteiger charge is 2.53. The van der Waals surface area contributed by atoms with Gasteiger partial charge in [-0.25, -0.2) is 0 Å². The topological polar surface area (TPSA) is 90.7 Å². The highest BCUT2D eigenvalue weighted by atomic mass is 16.6. The smallest absolute Gasteiger partial charge is 0.314 e. The lowest BCUT2D eigenvalue weighted by atomic mass is 9.48. The molecule has 4 bridgehead atoms. The van der Waals surface area contributed by atoms with Crippen molar-refractivity contribution in [1.82, 2.24) is 5.32 Å². The number of hydrogen-bond donors (Lipinski definition) is 1. The molecule has 7 nitrogen and oxygen atoms in total. The second-order valence-corrected chi connectivity index (χ2v) is 8.95. The van der Waals surface area contributed by atoms with E-state index < -0.39 is 4.92 Å². The molecule has 1 aromatic carbocycles. The van der Waals surface area contributed by atoms with Crippen molar-refractivity contribution >= 4 is 11.6 Å². The molecule has 0 aliphatic heterocycles. The van der Waals surface area contributed by atoms with Gasteiger partial charge in [0.1, 0.15) is 5.75 Å². The number of nitrogens with zero attached hydrogens (tertiary/aromatic N) is 1. The predicted molar refractivity (Wildman–Crippen MR) is 103 cm³/mol. The molecule has 0 unspecified atom stereocenters. The van der Waals surface area contributed by atoms with E-state index in [0.29, 0.717) is 5.75 Å². The Bertz CT molecular complexity index is 743. The molecule has 152 valence electrons. The van der Waals surface area contributed by atoms with Crippen LogP contribution in [0, 0.1) is 33.3 Å². The minimum Gasteiger partial charge on any atom is -0.496 e. The number of carbonyl (C=O) groups excluding carboxylic acids is 1. The Morgan fingerprint density at radius 1 is 1.25 bits per heavy atom. The number of nitro benzene ring substituents is 1. The lowest BCUT2D eigenvalue weighted by Gasteiger charge is -2.59. The maximum atomic E-state index is 12.5. The number of methoxy groups -OCH3 is 1. The van der Waals surface area contributed by atoms with Crippen LogP contribution in [0.5, 0.6) is 11.5 Å². The summed E-state index contributed by atoms with van der Waals surface area (Å²) in [4.78, 5) is 23.2. The average Bonchev–Trinajstić information content (AvgIpc) is 2.65. The first-order chi connectivity index (χ1) is 13.4. The third kappa shape index (κ3) is 3.54. The van der Waals surface area contributed by atoms with E-state index in [1.807, 2.05) is 0 Å². The average molecular weight is 388 g/mol. The van der Waals surface area contributed by atoms with Crippen molar-refractivity contribution in [2.45, 2.75) is 51.5 Å². The van der Waals surface area contributed by atoms with Crippen molar-refractivity contribution in [2.75, 3.05) is 13.7 Å². The molecule has 1 atom stereocenters. The van der Waals surface area contributed by atoms with Gasteiger partial charge in [-0.3, -0.25) is 14.9 Å². The molecule has 4 fully saturated rings. The summed E-state index contributed by atoms with van der Waals surface area (Å²) >= 11 is 0. The first-order valence-electron chi connectivity index (χ1n) is 10.1. The number of rotatable bonds is 7. The molecule has 4 saturated carbocycles. The molecule has 1 aromatic rings. The number of nitrogens with one attached hydrogen (secondary N) is 1. The van der Waals surface area contributed by atoms with Crippen molar-refractivity contribution in [2.24, 2.45) is 23.2 Å². The second kappa shape index (κ2) is 7.26. The summed E-state index contributed by atoms with van der Waals surface area (Å²) in [6, 6.07) is 4.44. The van der Waals surface area contributed by atoms with Crippen LogP contribution < -0.4 is 14.8 Å². The Labute approximate surface area is 164 Å². The first kappa shape index (κ1) is 19.0. The highest BCUT2D eigenvalue weighted by molar-refractivity contribution is 5.78. The molecule has 7 heteroatoms.